The number of hydrogen-bond acceptors (Lipinski definition) is 6. The molecule has 0 spiro atoms. The summed E-state index contributed by atoms with van der Waals surface area (Å²) in [5.74, 6) is 1.87. The van der Waals surface area contributed by atoms with Crippen molar-refractivity contribution < 1.29 is 14.6 Å². The summed E-state index contributed by atoms with van der Waals surface area (Å²) in [7, 11) is 0. The van der Waals surface area contributed by atoms with Crippen molar-refractivity contribution in [3.63, 3.8) is 0 Å². The Morgan fingerprint density at radius 3 is 2.71 bits per heavy atom. The lowest BCUT2D eigenvalue weighted by molar-refractivity contribution is -0.130. The number of phenolic OH excluding ortho intramolecular Hbond substituents is 1. The van der Waals surface area contributed by atoms with E-state index in [0.717, 1.165) is 86.1 Å². The average Bonchev–Trinajstić information content (AvgIpc) is 3.20. The molecule has 0 saturated carbocycles. The minimum Gasteiger partial charge on any atom is -0.508 e. The number of morpholine rings is 1. The molecule has 180 valence electrons. The molecule has 0 radical (unpaired) electrons. The van der Waals surface area contributed by atoms with Gasteiger partial charge in [-0.15, -0.1) is 0 Å². The van der Waals surface area contributed by atoms with E-state index < -0.39 is 0 Å². The highest BCUT2D eigenvalue weighted by Crippen LogP contribution is 2.23. The molecule has 2 fully saturated rings. The zero-order valence-corrected chi connectivity index (χ0v) is 19.8. The van der Waals surface area contributed by atoms with Gasteiger partial charge in [-0.2, -0.15) is 5.10 Å². The van der Waals surface area contributed by atoms with E-state index in [-0.39, 0.29) is 11.7 Å². The quantitative estimate of drug-likeness (QED) is 0.745. The molecule has 2 aromatic rings. The summed E-state index contributed by atoms with van der Waals surface area (Å²) < 4.78 is 7.60. The van der Waals surface area contributed by atoms with Crippen molar-refractivity contribution in [2.45, 2.75) is 39.2 Å². The number of fused-ring (bicyclic) bond motifs is 1. The van der Waals surface area contributed by atoms with Gasteiger partial charge in [0.25, 0.3) is 0 Å². The molecule has 5 rings (SSSR count). The summed E-state index contributed by atoms with van der Waals surface area (Å²) >= 11 is 0. The van der Waals surface area contributed by atoms with Gasteiger partial charge < -0.3 is 19.6 Å². The first-order valence-electron chi connectivity index (χ1n) is 12.3. The van der Waals surface area contributed by atoms with Gasteiger partial charge in [0.05, 0.1) is 19.4 Å². The summed E-state index contributed by atoms with van der Waals surface area (Å²) in [5, 5.41) is 15.9. The van der Waals surface area contributed by atoms with Crippen molar-refractivity contribution in [1.29, 1.82) is 0 Å². The topological polar surface area (TPSA) is 83.2 Å². The summed E-state index contributed by atoms with van der Waals surface area (Å²) in [4.78, 5) is 21.1. The number of carbonyl (C=O) groups excluding carboxylic acids is 1. The van der Waals surface area contributed by atoms with Crippen LogP contribution >= 0.6 is 0 Å². The lowest BCUT2D eigenvalue weighted by Gasteiger charge is -2.31. The van der Waals surface area contributed by atoms with Crippen molar-refractivity contribution in [1.82, 2.24) is 19.6 Å². The molecule has 3 aliphatic rings. The smallest absolute Gasteiger partial charge is 0.219 e. The number of phenols is 1. The lowest BCUT2D eigenvalue weighted by atomic mass is 9.96. The largest absolute Gasteiger partial charge is 0.508 e. The number of benzene rings is 1. The van der Waals surface area contributed by atoms with E-state index in [9.17, 15) is 9.90 Å². The standard InChI is InChI=1S/C26H33N5O3/c1-19(32)29-10-8-20(9-11-29)18-31-26-24(17-27-31)23(21-4-2-5-22(33)16-21)6-3-7-25(28-26)30-12-14-34-15-13-30/h2,4-5,7,16-17,20,33H,3,6,8-15,18H2,1H3/b24-23-,25-7+,28-26-. The van der Waals surface area contributed by atoms with Crippen molar-refractivity contribution >= 4 is 11.5 Å². The highest BCUT2D eigenvalue weighted by atomic mass is 16.5. The molecule has 8 heteroatoms. The highest BCUT2D eigenvalue weighted by Gasteiger charge is 2.23. The maximum atomic E-state index is 11.7. The molecule has 1 aromatic heterocycles. The molecule has 0 bridgehead atoms. The Labute approximate surface area is 199 Å². The molecule has 1 amide bonds. The van der Waals surface area contributed by atoms with Crippen LogP contribution in [0.4, 0.5) is 0 Å². The molecule has 1 N–H and O–H groups in total. The Morgan fingerprint density at radius 1 is 1.18 bits per heavy atom. The number of likely N-dealkylation sites (tertiary alicyclic amines) is 1. The van der Waals surface area contributed by atoms with Crippen LogP contribution in [-0.4, -0.2) is 70.0 Å². The fourth-order valence-electron chi connectivity index (χ4n) is 5.14. The zero-order chi connectivity index (χ0) is 23.5. The van der Waals surface area contributed by atoms with Crippen LogP contribution in [0, 0.1) is 5.92 Å². The lowest BCUT2D eigenvalue weighted by Crippen LogP contribution is -2.41. The monoisotopic (exact) mass is 463 g/mol. The summed E-state index contributed by atoms with van der Waals surface area (Å²) in [6.45, 7) is 7.15. The second-order valence-electron chi connectivity index (χ2n) is 9.35. The van der Waals surface area contributed by atoms with Gasteiger partial charge >= 0.3 is 0 Å². The molecule has 3 aliphatic heterocycles. The molecule has 4 heterocycles. The van der Waals surface area contributed by atoms with Crippen molar-refractivity contribution in [3.05, 3.63) is 58.6 Å². The molecule has 0 atom stereocenters. The SMILES string of the molecule is CC(=O)N1CCC(Cn2ncc3/c2=N/C(N2CCOCC2)=C\CC/C=3c2cccc(O)c2)CC1. The number of amides is 1. The van der Waals surface area contributed by atoms with Crippen LogP contribution in [-0.2, 0) is 16.1 Å². The number of allylic oxidation sites excluding steroid dienone is 1. The van der Waals surface area contributed by atoms with Gasteiger partial charge in [-0.25, -0.2) is 9.67 Å². The fraction of sp³-hybridized carbons (Fsp3) is 0.500. The third-order valence-corrected chi connectivity index (χ3v) is 7.10. The van der Waals surface area contributed by atoms with Gasteiger partial charge in [0.2, 0.25) is 5.91 Å². The van der Waals surface area contributed by atoms with Crippen LogP contribution in [0.15, 0.2) is 47.4 Å². The fourth-order valence-corrected chi connectivity index (χ4v) is 5.14. The van der Waals surface area contributed by atoms with Gasteiger partial charge in [0, 0.05) is 44.9 Å². The summed E-state index contributed by atoms with van der Waals surface area (Å²) in [6, 6.07) is 7.45. The Morgan fingerprint density at radius 2 is 1.97 bits per heavy atom. The van der Waals surface area contributed by atoms with E-state index in [1.807, 2.05) is 34.0 Å². The van der Waals surface area contributed by atoms with E-state index in [2.05, 4.69) is 11.0 Å². The number of aromatic nitrogens is 2. The van der Waals surface area contributed by atoms with Crippen LogP contribution in [0.1, 0.15) is 38.2 Å². The van der Waals surface area contributed by atoms with Crippen LogP contribution in [0.5, 0.6) is 5.75 Å². The molecular formula is C26H33N5O3. The number of aromatic hydroxyl groups is 1. The van der Waals surface area contributed by atoms with E-state index in [1.165, 1.54) is 0 Å². The number of rotatable bonds is 4. The van der Waals surface area contributed by atoms with Gasteiger partial charge in [-0.05, 0) is 60.9 Å². The predicted molar refractivity (Wildman–Crippen MR) is 128 cm³/mol. The first kappa shape index (κ1) is 22.7. The molecule has 1 aromatic carbocycles. The molecule has 0 aliphatic carbocycles. The Bertz CT molecular complexity index is 1190. The molecule has 34 heavy (non-hydrogen) atoms. The van der Waals surface area contributed by atoms with Gasteiger partial charge in [0.1, 0.15) is 11.6 Å². The third-order valence-electron chi connectivity index (χ3n) is 7.10. The first-order valence-corrected chi connectivity index (χ1v) is 12.3. The summed E-state index contributed by atoms with van der Waals surface area (Å²) in [6.07, 6.45) is 7.83. The predicted octanol–water partition coefficient (Wildman–Crippen LogP) is 1.63. The maximum Gasteiger partial charge on any atom is 0.219 e. The number of ether oxygens (including phenoxy) is 1. The zero-order valence-electron chi connectivity index (χ0n) is 19.8. The Balaban J connectivity index is 1.54. The van der Waals surface area contributed by atoms with Gasteiger partial charge in [-0.1, -0.05) is 12.1 Å². The number of nitrogens with zero attached hydrogens (tertiary/aromatic N) is 5. The molecular weight excluding hydrogens is 430 g/mol. The highest BCUT2D eigenvalue weighted by molar-refractivity contribution is 5.73. The van der Waals surface area contributed by atoms with E-state index >= 15 is 0 Å². The molecule has 2 saturated heterocycles. The minimum absolute atomic E-state index is 0.156. The van der Waals surface area contributed by atoms with Gasteiger partial charge in [0.15, 0.2) is 5.49 Å². The Kier molecular flexibility index (Phi) is 6.67. The van der Waals surface area contributed by atoms with Crippen LogP contribution < -0.4 is 10.7 Å². The van der Waals surface area contributed by atoms with Crippen molar-refractivity contribution in [3.8, 4) is 5.75 Å². The van der Waals surface area contributed by atoms with Crippen LogP contribution in [0.25, 0.3) is 5.57 Å². The van der Waals surface area contributed by atoms with Gasteiger partial charge in [-0.3, -0.25) is 4.79 Å². The number of piperidine rings is 1. The summed E-state index contributed by atoms with van der Waals surface area (Å²) in [5.41, 5.74) is 3.04. The second kappa shape index (κ2) is 10.0. The normalized spacial score (nSPS) is 23.8. The molecule has 8 nitrogen and oxygen atoms in total. The number of carbonyl (C=O) groups is 1. The van der Waals surface area contributed by atoms with E-state index in [4.69, 9.17) is 14.8 Å². The maximum absolute atomic E-state index is 11.7. The molecule has 0 unspecified atom stereocenters. The second-order valence-corrected chi connectivity index (χ2v) is 9.35. The van der Waals surface area contributed by atoms with E-state index in [0.29, 0.717) is 19.1 Å². The van der Waals surface area contributed by atoms with E-state index in [1.54, 1.807) is 13.0 Å². The first-order chi connectivity index (χ1) is 16.6. The van der Waals surface area contributed by atoms with Crippen LogP contribution in [0.3, 0.4) is 0 Å². The van der Waals surface area contributed by atoms with Crippen molar-refractivity contribution in [2.75, 3.05) is 39.4 Å². The number of hydrogen-bond donors (Lipinski definition) is 1. The third kappa shape index (κ3) is 4.87. The van der Waals surface area contributed by atoms with Crippen molar-refractivity contribution in [2.24, 2.45) is 10.9 Å². The Hall–Kier alpha value is -3.13. The average molecular weight is 464 g/mol. The minimum atomic E-state index is 0.156. The van der Waals surface area contributed by atoms with Crippen LogP contribution in [0.2, 0.25) is 0 Å².